The average molecular weight is 421 g/mol. The molecule has 1 unspecified atom stereocenters. The maximum Gasteiger partial charge on any atom is 0.417 e. The Balaban J connectivity index is 2.03. The van der Waals surface area contributed by atoms with Gasteiger partial charge in [-0.05, 0) is 0 Å². The van der Waals surface area contributed by atoms with E-state index in [4.69, 9.17) is 4.74 Å². The van der Waals surface area contributed by atoms with Gasteiger partial charge in [-0.1, -0.05) is 25.8 Å². The molecule has 0 N–H and O–H groups in total. The third kappa shape index (κ3) is 3.53. The van der Waals surface area contributed by atoms with Crippen LogP contribution in [0.15, 0.2) is 10.1 Å². The number of ether oxygens (including phenoxy) is 2. The Morgan fingerprint density at radius 1 is 1.13 bits per heavy atom. The minimum atomic E-state index is -0.930. The maximum absolute atomic E-state index is 13.2. The predicted octanol–water partition coefficient (Wildman–Crippen LogP) is -0.907. The van der Waals surface area contributed by atoms with Gasteiger partial charge < -0.3 is 9.47 Å². The SMILES string of the molecule is COC(=O)CN1N=C(C(C)(C)C)C[N+]2=C1N=C1C2C(=O)N(CC(=O)OC)C(=O)N1C. The summed E-state index contributed by atoms with van der Waals surface area (Å²) in [5, 5.41) is 5.92. The smallest absolute Gasteiger partial charge is 0.417 e. The van der Waals surface area contributed by atoms with Crippen molar-refractivity contribution in [3.05, 3.63) is 0 Å². The highest BCUT2D eigenvalue weighted by atomic mass is 16.5. The molecule has 0 aromatic heterocycles. The van der Waals surface area contributed by atoms with E-state index in [-0.39, 0.29) is 30.3 Å². The Labute approximate surface area is 173 Å². The number of amides is 3. The monoisotopic (exact) mass is 421 g/mol. The summed E-state index contributed by atoms with van der Waals surface area (Å²) in [6, 6.07) is -1.61. The van der Waals surface area contributed by atoms with Crippen LogP contribution >= 0.6 is 0 Å². The Morgan fingerprint density at radius 3 is 2.30 bits per heavy atom. The first-order valence-corrected chi connectivity index (χ1v) is 9.30. The molecule has 30 heavy (non-hydrogen) atoms. The van der Waals surface area contributed by atoms with E-state index in [1.807, 2.05) is 20.8 Å². The number of fused-ring (bicyclic) bond motifs is 2. The number of likely N-dealkylation sites (N-methyl/N-ethyl adjacent to an activating group) is 1. The van der Waals surface area contributed by atoms with Gasteiger partial charge in [0.25, 0.3) is 5.91 Å². The molecular formula is C18H25N6O6+. The van der Waals surface area contributed by atoms with E-state index >= 15 is 0 Å². The second kappa shape index (κ2) is 7.50. The number of aliphatic imine (C=N–C) groups is 1. The summed E-state index contributed by atoms with van der Waals surface area (Å²) in [6.45, 7) is 5.46. The van der Waals surface area contributed by atoms with Gasteiger partial charge in [0.05, 0.1) is 19.9 Å². The molecule has 3 aliphatic heterocycles. The molecule has 3 amide bonds. The first-order chi connectivity index (χ1) is 14.0. The minimum Gasteiger partial charge on any atom is -0.468 e. The van der Waals surface area contributed by atoms with Crippen molar-refractivity contribution in [2.45, 2.75) is 26.8 Å². The average Bonchev–Trinajstić information content (AvgIpc) is 3.08. The molecule has 1 saturated heterocycles. The van der Waals surface area contributed by atoms with Crippen molar-refractivity contribution in [2.24, 2.45) is 15.5 Å². The van der Waals surface area contributed by atoms with Crippen molar-refractivity contribution in [1.29, 1.82) is 0 Å². The second-order valence-corrected chi connectivity index (χ2v) is 8.07. The lowest BCUT2D eigenvalue weighted by atomic mass is 9.89. The molecule has 0 spiro atoms. The Hall–Kier alpha value is -3.31. The number of nitrogens with zero attached hydrogens (tertiary/aromatic N) is 6. The van der Waals surface area contributed by atoms with Gasteiger partial charge in [-0.2, -0.15) is 0 Å². The third-order valence-corrected chi connectivity index (χ3v) is 5.07. The number of hydrogen-bond donors (Lipinski definition) is 0. The first kappa shape index (κ1) is 21.4. The Bertz CT molecular complexity index is 915. The first-order valence-electron chi connectivity index (χ1n) is 9.30. The van der Waals surface area contributed by atoms with Crippen molar-refractivity contribution in [3.63, 3.8) is 0 Å². The quantitative estimate of drug-likeness (QED) is 0.425. The number of methoxy groups -OCH3 is 2. The maximum atomic E-state index is 13.2. The molecule has 0 bridgehead atoms. The lowest BCUT2D eigenvalue weighted by Gasteiger charge is -2.34. The second-order valence-electron chi connectivity index (χ2n) is 8.07. The normalized spacial score (nSPS) is 21.3. The number of carbonyl (C=O) groups excluding carboxylic acids is 4. The fourth-order valence-electron chi connectivity index (χ4n) is 3.28. The van der Waals surface area contributed by atoms with Gasteiger partial charge in [-0.25, -0.2) is 19.1 Å². The Morgan fingerprint density at radius 2 is 1.73 bits per heavy atom. The molecule has 1 fully saturated rings. The van der Waals surface area contributed by atoms with Gasteiger partial charge in [-0.15, -0.1) is 10.1 Å². The summed E-state index contributed by atoms with van der Waals surface area (Å²) < 4.78 is 11.0. The van der Waals surface area contributed by atoms with Gasteiger partial charge in [0.15, 0.2) is 6.54 Å². The summed E-state index contributed by atoms with van der Waals surface area (Å²) in [7, 11) is 3.92. The van der Waals surface area contributed by atoms with E-state index in [2.05, 4.69) is 14.8 Å². The van der Waals surface area contributed by atoms with Crippen LogP contribution in [0, 0.1) is 5.41 Å². The molecule has 12 nitrogen and oxygen atoms in total. The summed E-state index contributed by atoms with van der Waals surface area (Å²) in [6.07, 6.45) is 0. The molecule has 3 heterocycles. The number of hydrazone groups is 1. The summed E-state index contributed by atoms with van der Waals surface area (Å²) in [5.74, 6) is -1.36. The zero-order chi connectivity index (χ0) is 22.4. The number of rotatable bonds is 4. The molecule has 3 aliphatic rings. The van der Waals surface area contributed by atoms with E-state index in [0.29, 0.717) is 0 Å². The van der Waals surface area contributed by atoms with Crippen LogP contribution in [0.25, 0.3) is 0 Å². The molecule has 0 aliphatic carbocycles. The van der Waals surface area contributed by atoms with Gasteiger partial charge >= 0.3 is 23.9 Å². The molecule has 0 aromatic carbocycles. The fourth-order valence-corrected chi connectivity index (χ4v) is 3.28. The van der Waals surface area contributed by atoms with Crippen LogP contribution in [0.1, 0.15) is 20.8 Å². The highest BCUT2D eigenvalue weighted by Crippen LogP contribution is 2.26. The fraction of sp³-hybridized carbons (Fsp3) is 0.611. The third-order valence-electron chi connectivity index (χ3n) is 5.07. The van der Waals surface area contributed by atoms with E-state index in [9.17, 15) is 19.2 Å². The number of imide groups is 1. The summed E-state index contributed by atoms with van der Waals surface area (Å²) >= 11 is 0. The molecular weight excluding hydrogens is 396 g/mol. The largest absolute Gasteiger partial charge is 0.468 e. The van der Waals surface area contributed by atoms with Crippen LogP contribution in [0.5, 0.6) is 0 Å². The van der Waals surface area contributed by atoms with Crippen LogP contribution in [-0.4, -0.2) is 108 Å². The van der Waals surface area contributed by atoms with Crippen LogP contribution in [0.4, 0.5) is 4.79 Å². The lowest BCUT2D eigenvalue weighted by molar-refractivity contribution is -0.528. The number of guanidine groups is 1. The zero-order valence-corrected chi connectivity index (χ0v) is 17.8. The number of urea groups is 1. The van der Waals surface area contributed by atoms with Crippen LogP contribution in [0.2, 0.25) is 0 Å². The van der Waals surface area contributed by atoms with Crippen LogP contribution in [0.3, 0.4) is 0 Å². The molecule has 3 rings (SSSR count). The van der Waals surface area contributed by atoms with Crippen molar-refractivity contribution in [1.82, 2.24) is 14.8 Å². The van der Waals surface area contributed by atoms with Crippen molar-refractivity contribution in [3.8, 4) is 0 Å². The van der Waals surface area contributed by atoms with E-state index < -0.39 is 36.5 Å². The van der Waals surface area contributed by atoms with Crippen molar-refractivity contribution >= 4 is 41.4 Å². The molecule has 1 atom stereocenters. The van der Waals surface area contributed by atoms with Crippen molar-refractivity contribution < 1.29 is 33.2 Å². The van der Waals surface area contributed by atoms with Gasteiger partial charge in [-0.3, -0.25) is 14.5 Å². The molecule has 0 aromatic rings. The van der Waals surface area contributed by atoms with Gasteiger partial charge in [0, 0.05) is 12.5 Å². The Kier molecular flexibility index (Phi) is 5.35. The summed E-state index contributed by atoms with van der Waals surface area (Å²) in [5.41, 5.74) is 0.367. The molecule has 0 saturated carbocycles. The predicted molar refractivity (Wildman–Crippen MR) is 104 cm³/mol. The molecule has 0 radical (unpaired) electrons. The highest BCUT2D eigenvalue weighted by Gasteiger charge is 2.55. The number of hydrogen-bond acceptors (Lipinski definition) is 9. The number of carbonyl (C=O) groups is 4. The minimum absolute atomic E-state index is 0.205. The van der Waals surface area contributed by atoms with Crippen molar-refractivity contribution in [2.75, 3.05) is 40.9 Å². The lowest BCUT2D eigenvalue weighted by Crippen LogP contribution is -2.64. The van der Waals surface area contributed by atoms with Gasteiger partial charge in [0.2, 0.25) is 11.9 Å². The zero-order valence-electron chi connectivity index (χ0n) is 17.8. The van der Waals surface area contributed by atoms with E-state index in [0.717, 1.165) is 10.6 Å². The number of esters is 2. The van der Waals surface area contributed by atoms with Crippen LogP contribution < -0.4 is 0 Å². The molecule has 12 heteroatoms. The highest BCUT2D eigenvalue weighted by molar-refractivity contribution is 6.23. The standard InChI is InChI=1S/C18H25N6O6/c1-18(2,3)10-7-22-13-14(19-16(22)24(20-10)9-12(26)30-6)21(4)17(28)23(15(13)27)8-11(25)29-5/h13H,7-9H2,1-6H3/q+1. The summed E-state index contributed by atoms with van der Waals surface area (Å²) in [4.78, 5) is 56.0. The topological polar surface area (TPSA) is 124 Å². The van der Waals surface area contributed by atoms with E-state index in [1.165, 1.54) is 31.2 Å². The van der Waals surface area contributed by atoms with E-state index in [1.54, 1.807) is 4.58 Å². The van der Waals surface area contributed by atoms with Crippen LogP contribution in [-0.2, 0) is 23.9 Å². The van der Waals surface area contributed by atoms with Gasteiger partial charge in [0.1, 0.15) is 13.1 Å². The number of amidine groups is 1. The molecule has 162 valence electrons.